The van der Waals surface area contributed by atoms with Crippen LogP contribution in [-0.4, -0.2) is 24.5 Å². The summed E-state index contributed by atoms with van der Waals surface area (Å²) < 4.78 is 11.9. The predicted molar refractivity (Wildman–Crippen MR) is 98.1 cm³/mol. The molecule has 0 amide bonds. The molecule has 1 aromatic carbocycles. The van der Waals surface area contributed by atoms with Crippen LogP contribution >= 0.6 is 27.5 Å². The summed E-state index contributed by atoms with van der Waals surface area (Å²) >= 11 is 9.56. The number of amidine groups is 1. The third kappa shape index (κ3) is 3.10. The summed E-state index contributed by atoms with van der Waals surface area (Å²) in [5.74, 6) is 1.67. The van der Waals surface area contributed by atoms with Crippen LogP contribution in [0.25, 0.3) is 11.0 Å². The van der Waals surface area contributed by atoms with Gasteiger partial charge in [0.25, 0.3) is 0 Å². The van der Waals surface area contributed by atoms with Gasteiger partial charge in [-0.1, -0.05) is 23.7 Å². The number of furan rings is 1. The summed E-state index contributed by atoms with van der Waals surface area (Å²) in [6.45, 7) is 0.342. The van der Waals surface area contributed by atoms with Crippen molar-refractivity contribution in [3.05, 3.63) is 57.3 Å². The predicted octanol–water partition coefficient (Wildman–Crippen LogP) is 4.28. The lowest BCUT2D eigenvalue weighted by atomic mass is 10.2. The van der Waals surface area contributed by atoms with E-state index in [-0.39, 0.29) is 6.04 Å². The molecule has 6 nitrogen and oxygen atoms in total. The number of ether oxygens (including phenoxy) is 1. The van der Waals surface area contributed by atoms with Crippen molar-refractivity contribution in [3.63, 3.8) is 0 Å². The molecule has 0 saturated heterocycles. The molecule has 8 heteroatoms. The number of nitrogens with zero attached hydrogens (tertiary/aromatic N) is 2. The topological polar surface area (TPSA) is 68.9 Å². The van der Waals surface area contributed by atoms with Gasteiger partial charge in [0.2, 0.25) is 5.88 Å². The average molecular weight is 423 g/mol. The van der Waals surface area contributed by atoms with Gasteiger partial charge in [-0.3, -0.25) is 9.83 Å². The van der Waals surface area contributed by atoms with Gasteiger partial charge in [0.05, 0.1) is 16.6 Å². The molecule has 128 valence electrons. The Labute approximate surface area is 156 Å². The summed E-state index contributed by atoms with van der Waals surface area (Å²) in [6, 6.07) is 10.9. The van der Waals surface area contributed by atoms with E-state index in [2.05, 4.69) is 31.4 Å². The van der Waals surface area contributed by atoms with Gasteiger partial charge in [-0.2, -0.15) is 0 Å². The third-order valence-corrected chi connectivity index (χ3v) is 4.69. The van der Waals surface area contributed by atoms with Crippen LogP contribution in [-0.2, 0) is 4.84 Å². The number of hydrogen-bond donors (Lipinski definition) is 1. The Morgan fingerprint density at radius 1 is 1.32 bits per heavy atom. The number of aromatic nitrogens is 1. The second-order valence-corrected chi connectivity index (χ2v) is 6.66. The lowest BCUT2D eigenvalue weighted by Crippen LogP contribution is -2.33. The molecule has 1 atom stereocenters. The van der Waals surface area contributed by atoms with Crippen LogP contribution in [0.5, 0.6) is 5.88 Å². The van der Waals surface area contributed by atoms with Gasteiger partial charge in [-0.05, 0) is 40.2 Å². The molecule has 3 heterocycles. The lowest BCUT2D eigenvalue weighted by Gasteiger charge is -2.20. The molecule has 2 aromatic heterocycles. The molecule has 25 heavy (non-hydrogen) atoms. The number of benzene rings is 1. The van der Waals surface area contributed by atoms with E-state index in [1.54, 1.807) is 13.2 Å². The number of nitrogens with one attached hydrogen (secondary N) is 1. The molecule has 4 rings (SSSR count). The number of hydroxylamine groups is 1. The highest BCUT2D eigenvalue weighted by Gasteiger charge is 2.23. The van der Waals surface area contributed by atoms with Crippen LogP contribution in [0.15, 0.2) is 50.3 Å². The van der Waals surface area contributed by atoms with E-state index in [9.17, 15) is 0 Å². The molecule has 0 saturated carbocycles. The summed E-state index contributed by atoms with van der Waals surface area (Å²) in [7, 11) is 1.56. The molecular formula is C17H13BrClN3O3. The number of fused-ring (bicyclic) bond motifs is 1. The fourth-order valence-corrected chi connectivity index (χ4v) is 3.19. The van der Waals surface area contributed by atoms with Crippen molar-refractivity contribution in [2.75, 3.05) is 13.7 Å². The van der Waals surface area contributed by atoms with Crippen molar-refractivity contribution >= 4 is 44.3 Å². The zero-order valence-electron chi connectivity index (χ0n) is 13.1. The Kier molecular flexibility index (Phi) is 4.37. The van der Waals surface area contributed by atoms with E-state index in [0.29, 0.717) is 40.4 Å². The largest absolute Gasteiger partial charge is 0.480 e. The normalized spacial score (nSPS) is 17.2. The standard InChI is InChI=1S/C17H13BrClN3O3/c1-23-17-10(18)5-6-12(21-17)16-20-13(8-24-22-16)14-7-9-3-2-4-11(19)15(9)25-14/h2-7,13H,8H2,1H3,(H,20,22). The first kappa shape index (κ1) is 16.4. The summed E-state index contributed by atoms with van der Waals surface area (Å²) in [5, 5.41) is 1.50. The van der Waals surface area contributed by atoms with Crippen LogP contribution in [0.4, 0.5) is 0 Å². The van der Waals surface area contributed by atoms with Gasteiger partial charge in [0.1, 0.15) is 24.1 Å². The Hall–Kier alpha value is -2.09. The van der Waals surface area contributed by atoms with E-state index in [1.807, 2.05) is 30.3 Å². The van der Waals surface area contributed by atoms with Gasteiger partial charge in [0.15, 0.2) is 11.4 Å². The summed E-state index contributed by atoms with van der Waals surface area (Å²) in [5.41, 5.74) is 4.06. The second-order valence-electron chi connectivity index (χ2n) is 5.40. The average Bonchev–Trinajstić information content (AvgIpc) is 3.08. The maximum absolute atomic E-state index is 6.18. The van der Waals surface area contributed by atoms with Crippen molar-refractivity contribution in [2.45, 2.75) is 6.04 Å². The lowest BCUT2D eigenvalue weighted by molar-refractivity contribution is 0.0581. The first-order chi connectivity index (χ1) is 12.2. The van der Waals surface area contributed by atoms with Crippen molar-refractivity contribution in [1.82, 2.24) is 10.5 Å². The van der Waals surface area contributed by atoms with Crippen molar-refractivity contribution in [3.8, 4) is 5.88 Å². The first-order valence-corrected chi connectivity index (χ1v) is 8.67. The van der Waals surface area contributed by atoms with E-state index < -0.39 is 0 Å². The molecule has 1 aliphatic heterocycles. The van der Waals surface area contributed by atoms with Gasteiger partial charge in [-0.25, -0.2) is 10.5 Å². The van der Waals surface area contributed by atoms with Crippen LogP contribution in [0.1, 0.15) is 17.5 Å². The highest BCUT2D eigenvalue weighted by atomic mass is 79.9. The number of methoxy groups -OCH3 is 1. The van der Waals surface area contributed by atoms with E-state index in [4.69, 9.17) is 25.6 Å². The number of pyridine rings is 1. The minimum Gasteiger partial charge on any atom is -0.480 e. The fourth-order valence-electron chi connectivity index (χ4n) is 2.58. The number of rotatable bonds is 3. The van der Waals surface area contributed by atoms with Crippen molar-refractivity contribution in [2.24, 2.45) is 4.99 Å². The number of halogens is 2. The zero-order chi connectivity index (χ0) is 17.4. The first-order valence-electron chi connectivity index (χ1n) is 7.50. The Bertz CT molecular complexity index is 973. The van der Waals surface area contributed by atoms with Crippen LogP contribution in [0.3, 0.4) is 0 Å². The fraction of sp³-hybridized carbons (Fsp3) is 0.176. The maximum atomic E-state index is 6.18. The number of para-hydroxylation sites is 1. The molecule has 0 fully saturated rings. The van der Waals surface area contributed by atoms with E-state index in [0.717, 1.165) is 9.86 Å². The summed E-state index contributed by atoms with van der Waals surface area (Å²) in [4.78, 5) is 14.5. The Balaban J connectivity index is 1.71. The second kappa shape index (κ2) is 6.67. The smallest absolute Gasteiger partial charge is 0.228 e. The molecule has 1 N–H and O–H groups in total. The number of aliphatic imine (C=N–C) groups is 1. The molecule has 0 bridgehead atoms. The summed E-state index contributed by atoms with van der Waals surface area (Å²) in [6.07, 6.45) is 0. The van der Waals surface area contributed by atoms with Crippen LogP contribution in [0, 0.1) is 0 Å². The van der Waals surface area contributed by atoms with Crippen molar-refractivity contribution in [1.29, 1.82) is 0 Å². The van der Waals surface area contributed by atoms with Crippen LogP contribution in [0.2, 0.25) is 5.02 Å². The monoisotopic (exact) mass is 421 g/mol. The van der Waals surface area contributed by atoms with Gasteiger partial charge < -0.3 is 9.15 Å². The third-order valence-electron chi connectivity index (χ3n) is 3.79. The van der Waals surface area contributed by atoms with Crippen LogP contribution < -0.4 is 10.2 Å². The minimum atomic E-state index is -0.295. The highest BCUT2D eigenvalue weighted by Crippen LogP contribution is 2.32. The van der Waals surface area contributed by atoms with E-state index >= 15 is 0 Å². The minimum absolute atomic E-state index is 0.295. The molecular weight excluding hydrogens is 410 g/mol. The zero-order valence-corrected chi connectivity index (χ0v) is 15.5. The van der Waals surface area contributed by atoms with Gasteiger partial charge >= 0.3 is 0 Å². The Morgan fingerprint density at radius 2 is 2.20 bits per heavy atom. The molecule has 0 radical (unpaired) electrons. The quantitative estimate of drug-likeness (QED) is 0.682. The molecule has 0 spiro atoms. The SMILES string of the molecule is COc1nc(C2=NC(c3cc4cccc(Cl)c4o3)CON2)ccc1Br. The van der Waals surface area contributed by atoms with Crippen molar-refractivity contribution < 1.29 is 14.0 Å². The van der Waals surface area contributed by atoms with Gasteiger partial charge in [-0.15, -0.1) is 0 Å². The molecule has 3 aromatic rings. The highest BCUT2D eigenvalue weighted by molar-refractivity contribution is 9.10. The molecule has 1 aliphatic rings. The Morgan fingerprint density at radius 3 is 3.00 bits per heavy atom. The van der Waals surface area contributed by atoms with Gasteiger partial charge in [0, 0.05) is 5.39 Å². The number of hydrogen-bond acceptors (Lipinski definition) is 6. The van der Waals surface area contributed by atoms with E-state index in [1.165, 1.54) is 0 Å². The molecule has 1 unspecified atom stereocenters. The molecule has 0 aliphatic carbocycles. The maximum Gasteiger partial charge on any atom is 0.228 e.